The second-order valence-electron chi connectivity index (χ2n) is 7.03. The molecule has 1 fully saturated rings. The molecule has 0 amide bonds. The lowest BCUT2D eigenvalue weighted by Gasteiger charge is -2.43. The van der Waals surface area contributed by atoms with Crippen LogP contribution in [0.15, 0.2) is 0 Å². The molecule has 19 heavy (non-hydrogen) atoms. The molecule has 0 heterocycles. The standard InChI is InChI=1S/C17H36N2/c1-6-12-18-13-17(10-8-15(3)9-11-17)14-19(5)16(4)7-2/h15-16,18H,6-14H2,1-5H3. The van der Waals surface area contributed by atoms with Crippen LogP contribution in [-0.4, -0.2) is 37.6 Å². The molecular formula is C17H36N2. The molecule has 1 unspecified atom stereocenters. The Morgan fingerprint density at radius 1 is 1.26 bits per heavy atom. The van der Waals surface area contributed by atoms with Crippen LogP contribution in [0.5, 0.6) is 0 Å². The number of nitrogens with zero attached hydrogens (tertiary/aromatic N) is 1. The average molecular weight is 268 g/mol. The van der Waals surface area contributed by atoms with Gasteiger partial charge in [-0.05, 0) is 57.5 Å². The van der Waals surface area contributed by atoms with Gasteiger partial charge in [0.25, 0.3) is 0 Å². The van der Waals surface area contributed by atoms with Crippen LogP contribution < -0.4 is 5.32 Å². The Hall–Kier alpha value is -0.0800. The van der Waals surface area contributed by atoms with Gasteiger partial charge in [-0.2, -0.15) is 0 Å². The van der Waals surface area contributed by atoms with Crippen molar-refractivity contribution >= 4 is 0 Å². The Balaban J connectivity index is 2.58. The topological polar surface area (TPSA) is 15.3 Å². The summed E-state index contributed by atoms with van der Waals surface area (Å²) in [6.45, 7) is 13.0. The third-order valence-electron chi connectivity index (χ3n) is 5.19. The highest BCUT2D eigenvalue weighted by atomic mass is 15.1. The van der Waals surface area contributed by atoms with Crippen molar-refractivity contribution in [3.63, 3.8) is 0 Å². The first kappa shape index (κ1) is 17.0. The Morgan fingerprint density at radius 3 is 2.42 bits per heavy atom. The second-order valence-corrected chi connectivity index (χ2v) is 7.03. The highest BCUT2D eigenvalue weighted by molar-refractivity contribution is 4.89. The minimum Gasteiger partial charge on any atom is -0.316 e. The van der Waals surface area contributed by atoms with Gasteiger partial charge in [0.15, 0.2) is 0 Å². The van der Waals surface area contributed by atoms with Crippen molar-refractivity contribution < 1.29 is 0 Å². The molecule has 1 aliphatic rings. The molecule has 0 spiro atoms. The van der Waals surface area contributed by atoms with E-state index in [4.69, 9.17) is 0 Å². The second kappa shape index (κ2) is 8.26. The molecule has 0 saturated heterocycles. The van der Waals surface area contributed by atoms with Crippen molar-refractivity contribution in [2.75, 3.05) is 26.7 Å². The van der Waals surface area contributed by atoms with Crippen LogP contribution in [0.3, 0.4) is 0 Å². The minimum absolute atomic E-state index is 0.528. The maximum absolute atomic E-state index is 3.70. The number of hydrogen-bond acceptors (Lipinski definition) is 2. The fourth-order valence-corrected chi connectivity index (χ4v) is 3.29. The van der Waals surface area contributed by atoms with Gasteiger partial charge < -0.3 is 10.2 Å². The van der Waals surface area contributed by atoms with Gasteiger partial charge in [0, 0.05) is 19.1 Å². The molecule has 0 aliphatic heterocycles. The fourth-order valence-electron chi connectivity index (χ4n) is 3.29. The summed E-state index contributed by atoms with van der Waals surface area (Å²) in [5, 5.41) is 3.70. The summed E-state index contributed by atoms with van der Waals surface area (Å²) in [6.07, 6.45) is 8.15. The first-order valence-corrected chi connectivity index (χ1v) is 8.44. The predicted octanol–water partition coefficient (Wildman–Crippen LogP) is 3.91. The maximum atomic E-state index is 3.70. The Kier molecular flexibility index (Phi) is 7.38. The molecule has 0 bridgehead atoms. The van der Waals surface area contributed by atoms with Crippen molar-refractivity contribution in [3.05, 3.63) is 0 Å². The van der Waals surface area contributed by atoms with E-state index >= 15 is 0 Å². The number of rotatable bonds is 8. The zero-order chi connectivity index (χ0) is 14.3. The first-order chi connectivity index (χ1) is 9.03. The molecule has 1 rings (SSSR count). The smallest absolute Gasteiger partial charge is 0.00614 e. The van der Waals surface area contributed by atoms with Crippen LogP contribution in [-0.2, 0) is 0 Å². The van der Waals surface area contributed by atoms with Crippen LogP contribution in [0, 0.1) is 11.3 Å². The summed E-state index contributed by atoms with van der Waals surface area (Å²) in [6, 6.07) is 0.711. The van der Waals surface area contributed by atoms with E-state index in [1.165, 1.54) is 58.2 Å². The Labute approximate surface area is 121 Å². The van der Waals surface area contributed by atoms with Gasteiger partial charge in [-0.15, -0.1) is 0 Å². The molecule has 0 aromatic heterocycles. The lowest BCUT2D eigenvalue weighted by molar-refractivity contribution is 0.0813. The largest absolute Gasteiger partial charge is 0.316 e. The van der Waals surface area contributed by atoms with E-state index in [-0.39, 0.29) is 0 Å². The molecule has 1 aliphatic carbocycles. The van der Waals surface area contributed by atoms with Crippen molar-refractivity contribution in [1.29, 1.82) is 0 Å². The third kappa shape index (κ3) is 5.43. The summed E-state index contributed by atoms with van der Waals surface area (Å²) in [5.41, 5.74) is 0.528. The number of nitrogens with one attached hydrogen (secondary N) is 1. The van der Waals surface area contributed by atoms with Crippen molar-refractivity contribution in [2.45, 2.75) is 72.3 Å². The molecule has 2 nitrogen and oxygen atoms in total. The van der Waals surface area contributed by atoms with E-state index < -0.39 is 0 Å². The van der Waals surface area contributed by atoms with Gasteiger partial charge in [0.05, 0.1) is 0 Å². The monoisotopic (exact) mass is 268 g/mol. The summed E-state index contributed by atoms with van der Waals surface area (Å²) >= 11 is 0. The van der Waals surface area contributed by atoms with E-state index in [0.717, 1.165) is 5.92 Å². The minimum atomic E-state index is 0.528. The summed E-state index contributed by atoms with van der Waals surface area (Å²) in [4.78, 5) is 2.59. The predicted molar refractivity (Wildman–Crippen MR) is 85.6 cm³/mol. The van der Waals surface area contributed by atoms with Crippen LogP contribution in [0.1, 0.15) is 66.2 Å². The van der Waals surface area contributed by atoms with Gasteiger partial charge in [-0.1, -0.05) is 33.6 Å². The van der Waals surface area contributed by atoms with E-state index in [2.05, 4.69) is 45.0 Å². The molecule has 114 valence electrons. The van der Waals surface area contributed by atoms with E-state index in [1.54, 1.807) is 0 Å². The van der Waals surface area contributed by atoms with Crippen molar-refractivity contribution in [2.24, 2.45) is 11.3 Å². The van der Waals surface area contributed by atoms with Gasteiger partial charge in [-0.25, -0.2) is 0 Å². The van der Waals surface area contributed by atoms with Crippen molar-refractivity contribution in [1.82, 2.24) is 10.2 Å². The zero-order valence-corrected chi connectivity index (χ0v) is 14.0. The van der Waals surface area contributed by atoms with E-state index in [1.807, 2.05) is 0 Å². The lowest BCUT2D eigenvalue weighted by atomic mass is 9.70. The van der Waals surface area contributed by atoms with Crippen LogP contribution in [0.2, 0.25) is 0 Å². The lowest BCUT2D eigenvalue weighted by Crippen LogP contribution is -2.47. The summed E-state index contributed by atoms with van der Waals surface area (Å²) in [7, 11) is 2.31. The first-order valence-electron chi connectivity index (χ1n) is 8.44. The molecule has 1 saturated carbocycles. The third-order valence-corrected chi connectivity index (χ3v) is 5.19. The molecular weight excluding hydrogens is 232 g/mol. The number of hydrogen-bond donors (Lipinski definition) is 1. The zero-order valence-electron chi connectivity index (χ0n) is 14.0. The van der Waals surface area contributed by atoms with Crippen LogP contribution in [0.4, 0.5) is 0 Å². The maximum Gasteiger partial charge on any atom is 0.00614 e. The molecule has 1 N–H and O–H groups in total. The molecule has 1 atom stereocenters. The fraction of sp³-hybridized carbons (Fsp3) is 1.00. The van der Waals surface area contributed by atoms with Gasteiger partial charge in [0.1, 0.15) is 0 Å². The normalized spacial score (nSPS) is 29.7. The van der Waals surface area contributed by atoms with Crippen molar-refractivity contribution in [3.8, 4) is 0 Å². The Morgan fingerprint density at radius 2 is 1.89 bits per heavy atom. The summed E-state index contributed by atoms with van der Waals surface area (Å²) in [5.74, 6) is 0.938. The van der Waals surface area contributed by atoms with Gasteiger partial charge >= 0.3 is 0 Å². The molecule has 0 aromatic rings. The highest BCUT2D eigenvalue weighted by Crippen LogP contribution is 2.39. The molecule has 0 radical (unpaired) electrons. The molecule has 2 heteroatoms. The highest BCUT2D eigenvalue weighted by Gasteiger charge is 2.35. The SMILES string of the molecule is CCCNCC1(CN(C)C(C)CC)CCC(C)CC1. The van der Waals surface area contributed by atoms with Gasteiger partial charge in [-0.3, -0.25) is 0 Å². The quantitative estimate of drug-likeness (QED) is 0.671. The average Bonchev–Trinajstić information content (AvgIpc) is 2.41. The van der Waals surface area contributed by atoms with Crippen LogP contribution in [0.25, 0.3) is 0 Å². The summed E-state index contributed by atoms with van der Waals surface area (Å²) < 4.78 is 0. The van der Waals surface area contributed by atoms with E-state index in [9.17, 15) is 0 Å². The van der Waals surface area contributed by atoms with Gasteiger partial charge in [0.2, 0.25) is 0 Å². The van der Waals surface area contributed by atoms with E-state index in [0.29, 0.717) is 11.5 Å². The molecule has 0 aromatic carbocycles. The Bertz CT molecular complexity index is 231. The van der Waals surface area contributed by atoms with Crippen LogP contribution >= 0.6 is 0 Å².